The second kappa shape index (κ2) is 5.75. The number of rotatable bonds is 4. The van der Waals surface area contributed by atoms with E-state index in [0.29, 0.717) is 30.7 Å². The Morgan fingerprint density at radius 3 is 3.00 bits per heavy atom. The van der Waals surface area contributed by atoms with Gasteiger partial charge in [-0.25, -0.2) is 9.50 Å². The van der Waals surface area contributed by atoms with Crippen molar-refractivity contribution in [2.75, 3.05) is 26.7 Å². The van der Waals surface area contributed by atoms with E-state index in [1.807, 2.05) is 17.9 Å². The first kappa shape index (κ1) is 14.5. The Labute approximate surface area is 128 Å². The summed E-state index contributed by atoms with van der Waals surface area (Å²) in [4.78, 5) is 31.9. The molecule has 3 rings (SSSR count). The topological polar surface area (TPSA) is 70.8 Å². The third-order valence-corrected chi connectivity index (χ3v) is 3.96. The van der Waals surface area contributed by atoms with Gasteiger partial charge >= 0.3 is 0 Å². The zero-order chi connectivity index (χ0) is 15.7. The molecule has 3 heterocycles. The fourth-order valence-electron chi connectivity index (χ4n) is 2.63. The van der Waals surface area contributed by atoms with Crippen LogP contribution in [-0.2, 0) is 4.79 Å². The van der Waals surface area contributed by atoms with Crippen LogP contribution >= 0.6 is 0 Å². The van der Waals surface area contributed by atoms with Crippen LogP contribution in [0.25, 0.3) is 5.65 Å². The van der Waals surface area contributed by atoms with Crippen LogP contribution in [0.3, 0.4) is 0 Å². The Hall–Kier alpha value is -2.44. The zero-order valence-corrected chi connectivity index (χ0v) is 12.8. The van der Waals surface area contributed by atoms with E-state index < -0.39 is 0 Å². The van der Waals surface area contributed by atoms with E-state index in [0.717, 1.165) is 18.7 Å². The summed E-state index contributed by atoms with van der Waals surface area (Å²) in [5, 5.41) is 4.16. The SMILES string of the molecule is Cc1ccn2ncc(C(=O)N(C)CCN3CCCC3=O)c2n1. The van der Waals surface area contributed by atoms with Gasteiger partial charge in [-0.05, 0) is 19.4 Å². The highest BCUT2D eigenvalue weighted by Crippen LogP contribution is 2.12. The van der Waals surface area contributed by atoms with Gasteiger partial charge in [-0.2, -0.15) is 5.10 Å². The lowest BCUT2D eigenvalue weighted by molar-refractivity contribution is -0.127. The number of likely N-dealkylation sites (tertiary alicyclic amines) is 1. The largest absolute Gasteiger partial charge is 0.341 e. The molecule has 0 aromatic carbocycles. The first-order valence-electron chi connectivity index (χ1n) is 7.40. The molecule has 0 spiro atoms. The molecular weight excluding hydrogens is 282 g/mol. The number of carbonyl (C=O) groups is 2. The molecule has 0 saturated carbocycles. The second-order valence-corrected chi connectivity index (χ2v) is 5.61. The fraction of sp³-hybridized carbons (Fsp3) is 0.467. The highest BCUT2D eigenvalue weighted by atomic mass is 16.2. The number of aryl methyl sites for hydroxylation is 1. The molecule has 2 aromatic heterocycles. The molecular formula is C15H19N5O2. The van der Waals surface area contributed by atoms with Crippen LogP contribution in [0.15, 0.2) is 18.5 Å². The number of carbonyl (C=O) groups excluding carboxylic acids is 2. The van der Waals surface area contributed by atoms with Crippen molar-refractivity contribution in [3.8, 4) is 0 Å². The molecule has 0 aliphatic carbocycles. The average molecular weight is 301 g/mol. The van der Waals surface area contributed by atoms with Crippen molar-refractivity contribution < 1.29 is 9.59 Å². The molecule has 0 radical (unpaired) electrons. The lowest BCUT2D eigenvalue weighted by atomic mass is 10.3. The molecule has 1 aliphatic rings. The van der Waals surface area contributed by atoms with Crippen molar-refractivity contribution in [1.29, 1.82) is 0 Å². The van der Waals surface area contributed by atoms with Gasteiger partial charge in [0.25, 0.3) is 5.91 Å². The van der Waals surface area contributed by atoms with Crippen molar-refractivity contribution in [1.82, 2.24) is 24.4 Å². The van der Waals surface area contributed by atoms with Crippen LogP contribution in [0.1, 0.15) is 28.9 Å². The normalized spacial score (nSPS) is 14.8. The van der Waals surface area contributed by atoms with Crippen LogP contribution in [0, 0.1) is 6.92 Å². The summed E-state index contributed by atoms with van der Waals surface area (Å²) in [6.45, 7) is 3.75. The Morgan fingerprint density at radius 2 is 2.27 bits per heavy atom. The van der Waals surface area contributed by atoms with Crippen molar-refractivity contribution in [3.05, 3.63) is 29.7 Å². The van der Waals surface area contributed by atoms with E-state index in [2.05, 4.69) is 10.1 Å². The number of nitrogens with zero attached hydrogens (tertiary/aromatic N) is 5. The molecule has 2 aromatic rings. The van der Waals surface area contributed by atoms with Gasteiger partial charge < -0.3 is 9.80 Å². The lowest BCUT2D eigenvalue weighted by Gasteiger charge is -2.21. The predicted molar refractivity (Wildman–Crippen MR) is 80.5 cm³/mol. The predicted octanol–water partition coefficient (Wildman–Crippen LogP) is 0.732. The summed E-state index contributed by atoms with van der Waals surface area (Å²) in [5.41, 5.74) is 1.89. The van der Waals surface area contributed by atoms with Gasteiger partial charge in [0, 0.05) is 45.0 Å². The van der Waals surface area contributed by atoms with Crippen LogP contribution in [0.4, 0.5) is 0 Å². The van der Waals surface area contributed by atoms with E-state index in [-0.39, 0.29) is 11.8 Å². The third-order valence-electron chi connectivity index (χ3n) is 3.96. The molecule has 0 bridgehead atoms. The summed E-state index contributed by atoms with van der Waals surface area (Å²) in [7, 11) is 1.74. The van der Waals surface area contributed by atoms with Crippen molar-refractivity contribution >= 4 is 17.5 Å². The number of hydrogen-bond donors (Lipinski definition) is 0. The smallest absolute Gasteiger partial charge is 0.259 e. The molecule has 0 N–H and O–H groups in total. The highest BCUT2D eigenvalue weighted by molar-refractivity contribution is 5.99. The summed E-state index contributed by atoms with van der Waals surface area (Å²) in [5.74, 6) is 0.0499. The monoisotopic (exact) mass is 301 g/mol. The third kappa shape index (κ3) is 2.66. The number of fused-ring (bicyclic) bond motifs is 1. The molecule has 0 atom stereocenters. The standard InChI is InChI=1S/C15H19N5O2/c1-11-5-7-20-14(17-11)12(10-16-20)15(22)18(2)8-9-19-6-3-4-13(19)21/h5,7,10H,3-4,6,8-9H2,1-2H3. The maximum absolute atomic E-state index is 12.5. The van der Waals surface area contributed by atoms with E-state index in [1.54, 1.807) is 28.9 Å². The van der Waals surface area contributed by atoms with E-state index >= 15 is 0 Å². The van der Waals surface area contributed by atoms with Crippen LogP contribution in [0.5, 0.6) is 0 Å². The Balaban J connectivity index is 1.71. The fourth-order valence-corrected chi connectivity index (χ4v) is 2.63. The molecule has 1 fully saturated rings. The van der Waals surface area contributed by atoms with E-state index in [4.69, 9.17) is 0 Å². The molecule has 22 heavy (non-hydrogen) atoms. The van der Waals surface area contributed by atoms with Gasteiger partial charge in [0.1, 0.15) is 5.56 Å². The average Bonchev–Trinajstić information content (AvgIpc) is 3.09. The minimum atomic E-state index is -0.125. The van der Waals surface area contributed by atoms with Crippen molar-refractivity contribution in [3.63, 3.8) is 0 Å². The van der Waals surface area contributed by atoms with Gasteiger partial charge in [-0.3, -0.25) is 9.59 Å². The van der Waals surface area contributed by atoms with E-state index in [9.17, 15) is 9.59 Å². The summed E-state index contributed by atoms with van der Waals surface area (Å²) < 4.78 is 1.60. The van der Waals surface area contributed by atoms with Crippen LogP contribution < -0.4 is 0 Å². The zero-order valence-electron chi connectivity index (χ0n) is 12.8. The number of amides is 2. The summed E-state index contributed by atoms with van der Waals surface area (Å²) >= 11 is 0. The minimum absolute atomic E-state index is 0.125. The van der Waals surface area contributed by atoms with Crippen molar-refractivity contribution in [2.24, 2.45) is 0 Å². The second-order valence-electron chi connectivity index (χ2n) is 5.61. The van der Waals surface area contributed by atoms with Gasteiger partial charge in [0.05, 0.1) is 6.20 Å². The quantitative estimate of drug-likeness (QED) is 0.835. The van der Waals surface area contributed by atoms with Gasteiger partial charge in [-0.15, -0.1) is 0 Å². The first-order chi connectivity index (χ1) is 10.6. The maximum Gasteiger partial charge on any atom is 0.259 e. The minimum Gasteiger partial charge on any atom is -0.341 e. The van der Waals surface area contributed by atoms with Crippen LogP contribution in [-0.4, -0.2) is 62.9 Å². The summed E-state index contributed by atoms with van der Waals surface area (Å²) in [6, 6.07) is 1.84. The Kier molecular flexibility index (Phi) is 3.79. The lowest BCUT2D eigenvalue weighted by Crippen LogP contribution is -2.36. The Bertz CT molecular complexity index is 724. The molecule has 7 heteroatoms. The Morgan fingerprint density at radius 1 is 1.45 bits per heavy atom. The number of aromatic nitrogens is 3. The first-order valence-corrected chi connectivity index (χ1v) is 7.40. The molecule has 0 unspecified atom stereocenters. The van der Waals surface area contributed by atoms with E-state index in [1.165, 1.54) is 0 Å². The van der Waals surface area contributed by atoms with Gasteiger partial charge in [0.2, 0.25) is 5.91 Å². The van der Waals surface area contributed by atoms with Crippen LogP contribution in [0.2, 0.25) is 0 Å². The van der Waals surface area contributed by atoms with Crippen molar-refractivity contribution in [2.45, 2.75) is 19.8 Å². The number of hydrogen-bond acceptors (Lipinski definition) is 4. The van der Waals surface area contributed by atoms with Gasteiger partial charge in [0.15, 0.2) is 5.65 Å². The summed E-state index contributed by atoms with van der Waals surface area (Å²) in [6.07, 6.45) is 4.86. The molecule has 7 nitrogen and oxygen atoms in total. The maximum atomic E-state index is 12.5. The highest BCUT2D eigenvalue weighted by Gasteiger charge is 2.22. The molecule has 2 amide bonds. The molecule has 1 saturated heterocycles. The molecule has 1 aliphatic heterocycles. The van der Waals surface area contributed by atoms with Gasteiger partial charge in [-0.1, -0.05) is 0 Å². The molecule has 116 valence electrons. The number of likely N-dealkylation sites (N-methyl/N-ethyl adjacent to an activating group) is 1.